The lowest BCUT2D eigenvalue weighted by Gasteiger charge is -2.03. The van der Waals surface area contributed by atoms with E-state index < -0.39 is 0 Å². The topological polar surface area (TPSA) is 63.8 Å². The highest BCUT2D eigenvalue weighted by Gasteiger charge is 2.01. The van der Waals surface area contributed by atoms with Crippen molar-refractivity contribution in [1.82, 2.24) is 9.55 Å². The number of nitrogen functional groups attached to an aromatic ring is 1. The van der Waals surface area contributed by atoms with Crippen molar-refractivity contribution in [2.75, 3.05) is 5.73 Å². The molecule has 0 amide bonds. The maximum Gasteiger partial charge on any atom is 0.330 e. The zero-order chi connectivity index (χ0) is 10.1. The molecule has 3 N–H and O–H groups in total. The molecule has 4 nitrogen and oxygen atoms in total. The molecule has 72 valence electrons. The van der Waals surface area contributed by atoms with Crippen LogP contribution < -0.4 is 11.4 Å². The maximum absolute atomic E-state index is 11.3. The lowest BCUT2D eigenvalue weighted by molar-refractivity contribution is 0.986. The first-order chi connectivity index (χ1) is 6.68. The van der Waals surface area contributed by atoms with Crippen LogP contribution in [-0.2, 0) is 0 Å². The molecule has 0 aliphatic heterocycles. The van der Waals surface area contributed by atoms with Gasteiger partial charge >= 0.3 is 5.69 Å². The number of hydrogen-bond acceptors (Lipinski definition) is 2. The van der Waals surface area contributed by atoms with Gasteiger partial charge in [-0.2, -0.15) is 0 Å². The van der Waals surface area contributed by atoms with Gasteiger partial charge in [0, 0.05) is 22.6 Å². The van der Waals surface area contributed by atoms with Gasteiger partial charge in [0.2, 0.25) is 0 Å². The van der Waals surface area contributed by atoms with Crippen molar-refractivity contribution >= 4 is 21.6 Å². The predicted octanol–water partition coefficient (Wildman–Crippen LogP) is 1.51. The fourth-order valence-corrected chi connectivity index (χ4v) is 1.56. The van der Waals surface area contributed by atoms with Gasteiger partial charge in [-0.3, -0.25) is 4.57 Å². The Hall–Kier alpha value is -1.49. The Morgan fingerprint density at radius 2 is 2.21 bits per heavy atom. The van der Waals surface area contributed by atoms with Gasteiger partial charge < -0.3 is 10.7 Å². The number of nitrogens with one attached hydrogen (secondary N) is 1. The first kappa shape index (κ1) is 9.08. The van der Waals surface area contributed by atoms with Crippen molar-refractivity contribution in [2.24, 2.45) is 0 Å². The normalized spacial score (nSPS) is 10.4. The number of imidazole rings is 1. The van der Waals surface area contributed by atoms with Crippen LogP contribution in [-0.4, -0.2) is 9.55 Å². The molecule has 1 aromatic carbocycles. The Labute approximate surface area is 88.5 Å². The van der Waals surface area contributed by atoms with Crippen LogP contribution in [0.2, 0.25) is 0 Å². The summed E-state index contributed by atoms with van der Waals surface area (Å²) in [6, 6.07) is 5.33. The fourth-order valence-electron chi connectivity index (χ4n) is 1.19. The standard InChI is InChI=1S/C9H8BrN3O/c10-7-5-6(1-2-8(7)11)13-4-3-12-9(13)14/h1-5H,11H2,(H,12,14). The first-order valence-corrected chi connectivity index (χ1v) is 4.79. The van der Waals surface area contributed by atoms with Crippen molar-refractivity contribution in [1.29, 1.82) is 0 Å². The lowest BCUT2D eigenvalue weighted by Crippen LogP contribution is -2.13. The molecule has 5 heteroatoms. The maximum atomic E-state index is 11.3. The smallest absolute Gasteiger partial charge is 0.330 e. The molecule has 0 fully saturated rings. The van der Waals surface area contributed by atoms with Crippen LogP contribution in [0.5, 0.6) is 0 Å². The minimum Gasteiger partial charge on any atom is -0.398 e. The summed E-state index contributed by atoms with van der Waals surface area (Å²) in [5, 5.41) is 0. The minimum absolute atomic E-state index is 0.165. The van der Waals surface area contributed by atoms with Gasteiger partial charge in [-0.1, -0.05) is 0 Å². The molecule has 0 saturated heterocycles. The number of benzene rings is 1. The molecule has 0 saturated carbocycles. The van der Waals surface area contributed by atoms with Crippen molar-refractivity contribution in [3.8, 4) is 5.69 Å². The molecule has 0 aliphatic carbocycles. The average Bonchev–Trinajstić information content (AvgIpc) is 2.57. The summed E-state index contributed by atoms with van der Waals surface area (Å²) in [7, 11) is 0. The number of nitrogens with two attached hydrogens (primary N) is 1. The van der Waals surface area contributed by atoms with Crippen molar-refractivity contribution in [3.63, 3.8) is 0 Å². The molecule has 1 heterocycles. The summed E-state index contributed by atoms with van der Waals surface area (Å²) in [6.45, 7) is 0. The molecule has 2 aromatic rings. The van der Waals surface area contributed by atoms with Gasteiger partial charge in [0.1, 0.15) is 0 Å². The van der Waals surface area contributed by atoms with Gasteiger partial charge in [0.15, 0.2) is 0 Å². The molecule has 14 heavy (non-hydrogen) atoms. The van der Waals surface area contributed by atoms with E-state index in [4.69, 9.17) is 5.73 Å². The summed E-state index contributed by atoms with van der Waals surface area (Å²) in [4.78, 5) is 13.8. The second kappa shape index (κ2) is 3.34. The van der Waals surface area contributed by atoms with E-state index >= 15 is 0 Å². The molecule has 0 atom stereocenters. The highest BCUT2D eigenvalue weighted by atomic mass is 79.9. The van der Waals surface area contributed by atoms with Crippen LogP contribution in [0.4, 0.5) is 5.69 Å². The van der Waals surface area contributed by atoms with E-state index in [1.165, 1.54) is 4.57 Å². The van der Waals surface area contributed by atoms with E-state index in [2.05, 4.69) is 20.9 Å². The highest BCUT2D eigenvalue weighted by Crippen LogP contribution is 2.21. The quantitative estimate of drug-likeness (QED) is 0.757. The van der Waals surface area contributed by atoms with E-state index in [0.29, 0.717) is 5.69 Å². The molecular weight excluding hydrogens is 246 g/mol. The van der Waals surface area contributed by atoms with E-state index in [1.807, 2.05) is 0 Å². The van der Waals surface area contributed by atoms with Crippen LogP contribution in [0.3, 0.4) is 0 Å². The average molecular weight is 254 g/mol. The lowest BCUT2D eigenvalue weighted by atomic mass is 10.3. The van der Waals surface area contributed by atoms with E-state index in [1.54, 1.807) is 30.6 Å². The van der Waals surface area contributed by atoms with Crippen LogP contribution in [0.25, 0.3) is 5.69 Å². The zero-order valence-electron chi connectivity index (χ0n) is 7.20. The Kier molecular flexibility index (Phi) is 2.17. The van der Waals surface area contributed by atoms with Crippen molar-refractivity contribution in [3.05, 3.63) is 45.5 Å². The summed E-state index contributed by atoms with van der Waals surface area (Å²) >= 11 is 3.31. The molecule has 0 unspecified atom stereocenters. The number of rotatable bonds is 1. The molecule has 2 rings (SSSR count). The van der Waals surface area contributed by atoms with Gasteiger partial charge in [-0.05, 0) is 34.1 Å². The van der Waals surface area contributed by atoms with E-state index in [9.17, 15) is 4.79 Å². The fraction of sp³-hybridized carbons (Fsp3) is 0. The third-order valence-electron chi connectivity index (χ3n) is 1.91. The number of anilines is 1. The number of aromatic nitrogens is 2. The van der Waals surface area contributed by atoms with E-state index in [0.717, 1.165) is 10.2 Å². The molecule has 0 radical (unpaired) electrons. The SMILES string of the molecule is Nc1ccc(-n2cc[nH]c2=O)cc1Br. The van der Waals surface area contributed by atoms with E-state index in [-0.39, 0.29) is 5.69 Å². The summed E-state index contributed by atoms with van der Waals surface area (Å²) in [5.74, 6) is 0. The zero-order valence-corrected chi connectivity index (χ0v) is 8.78. The Balaban J connectivity index is 2.59. The molecule has 0 bridgehead atoms. The van der Waals surface area contributed by atoms with Gasteiger partial charge in [0.05, 0.1) is 5.69 Å². The summed E-state index contributed by atoms with van der Waals surface area (Å²) in [5.41, 5.74) is 6.90. The molecular formula is C9H8BrN3O. The van der Waals surface area contributed by atoms with Gasteiger partial charge in [0.25, 0.3) is 0 Å². The largest absolute Gasteiger partial charge is 0.398 e. The summed E-state index contributed by atoms with van der Waals surface area (Å²) < 4.78 is 2.28. The monoisotopic (exact) mass is 253 g/mol. The van der Waals surface area contributed by atoms with Crippen molar-refractivity contribution < 1.29 is 0 Å². The first-order valence-electron chi connectivity index (χ1n) is 4.00. The second-order valence-corrected chi connectivity index (χ2v) is 3.70. The minimum atomic E-state index is -0.165. The Bertz CT molecular complexity index is 515. The summed E-state index contributed by atoms with van der Waals surface area (Å²) in [6.07, 6.45) is 3.26. The van der Waals surface area contributed by atoms with Crippen LogP contribution in [0.15, 0.2) is 39.9 Å². The molecule has 1 aromatic heterocycles. The highest BCUT2D eigenvalue weighted by molar-refractivity contribution is 9.10. The third-order valence-corrected chi connectivity index (χ3v) is 2.60. The number of nitrogens with zero attached hydrogens (tertiary/aromatic N) is 1. The third kappa shape index (κ3) is 1.46. The Morgan fingerprint density at radius 3 is 2.79 bits per heavy atom. The van der Waals surface area contributed by atoms with Crippen LogP contribution in [0, 0.1) is 0 Å². The van der Waals surface area contributed by atoms with Crippen molar-refractivity contribution in [2.45, 2.75) is 0 Å². The number of hydrogen-bond donors (Lipinski definition) is 2. The van der Waals surface area contributed by atoms with Gasteiger partial charge in [-0.15, -0.1) is 0 Å². The molecule has 0 aliphatic rings. The van der Waals surface area contributed by atoms with Crippen LogP contribution >= 0.6 is 15.9 Å². The second-order valence-electron chi connectivity index (χ2n) is 2.84. The Morgan fingerprint density at radius 1 is 1.43 bits per heavy atom. The van der Waals surface area contributed by atoms with Gasteiger partial charge in [-0.25, -0.2) is 4.79 Å². The molecule has 0 spiro atoms. The number of H-pyrrole nitrogens is 1. The van der Waals surface area contributed by atoms with Crippen LogP contribution in [0.1, 0.15) is 0 Å². The predicted molar refractivity (Wildman–Crippen MR) is 58.5 cm³/mol. The number of halogens is 1. The number of aromatic amines is 1.